The summed E-state index contributed by atoms with van der Waals surface area (Å²) < 4.78 is 39.2. The van der Waals surface area contributed by atoms with Crippen LogP contribution in [0.3, 0.4) is 0 Å². The smallest absolute Gasteiger partial charge is 0.325 e. The largest absolute Gasteiger partial charge is 0.418 e. The van der Waals surface area contributed by atoms with Gasteiger partial charge in [-0.15, -0.1) is 0 Å². The second-order valence-corrected chi connectivity index (χ2v) is 6.68. The van der Waals surface area contributed by atoms with E-state index in [4.69, 9.17) is 11.6 Å². The number of carbonyl (C=O) groups excluding carboxylic acids is 1. The zero-order chi connectivity index (χ0) is 17.2. The number of amides is 1. The molecule has 0 saturated carbocycles. The van der Waals surface area contributed by atoms with Gasteiger partial charge >= 0.3 is 6.18 Å². The van der Waals surface area contributed by atoms with Gasteiger partial charge in [-0.3, -0.25) is 4.79 Å². The first-order valence-electron chi connectivity index (χ1n) is 7.70. The minimum Gasteiger partial charge on any atom is -0.325 e. The molecule has 2 N–H and O–H groups in total. The molecule has 23 heavy (non-hydrogen) atoms. The van der Waals surface area contributed by atoms with Gasteiger partial charge < -0.3 is 10.2 Å². The van der Waals surface area contributed by atoms with E-state index in [0.29, 0.717) is 5.92 Å². The number of nitrogens with one attached hydrogen (secondary N) is 2. The molecule has 0 aromatic heterocycles. The molecule has 0 aliphatic carbocycles. The molecule has 1 fully saturated rings. The van der Waals surface area contributed by atoms with Gasteiger partial charge in [-0.1, -0.05) is 18.5 Å². The second kappa shape index (κ2) is 7.09. The number of alkyl halides is 3. The van der Waals surface area contributed by atoms with Crippen molar-refractivity contribution >= 4 is 23.2 Å². The van der Waals surface area contributed by atoms with Gasteiger partial charge in [0, 0.05) is 5.02 Å². The fraction of sp³-hybridized carbons (Fsp3) is 0.562. The number of rotatable bonds is 3. The molecule has 1 saturated heterocycles. The summed E-state index contributed by atoms with van der Waals surface area (Å²) >= 11 is 5.64. The van der Waals surface area contributed by atoms with Crippen molar-refractivity contribution in [2.75, 3.05) is 18.4 Å². The highest BCUT2D eigenvalue weighted by atomic mass is 35.5. The van der Waals surface area contributed by atoms with Crippen LogP contribution in [0.15, 0.2) is 18.2 Å². The molecule has 0 bridgehead atoms. The molecule has 0 radical (unpaired) electrons. The second-order valence-electron chi connectivity index (χ2n) is 6.24. The van der Waals surface area contributed by atoms with E-state index in [0.717, 1.165) is 36.9 Å². The van der Waals surface area contributed by atoms with Gasteiger partial charge in [-0.2, -0.15) is 13.2 Å². The maximum atomic E-state index is 13.1. The Kier molecular flexibility index (Phi) is 5.57. The Morgan fingerprint density at radius 1 is 1.35 bits per heavy atom. The van der Waals surface area contributed by atoms with Crippen molar-refractivity contribution in [1.29, 1.82) is 0 Å². The van der Waals surface area contributed by atoms with E-state index in [-0.39, 0.29) is 16.8 Å². The van der Waals surface area contributed by atoms with E-state index in [1.807, 2.05) is 0 Å². The molecular formula is C16H21ClF3N2O+. The quantitative estimate of drug-likeness (QED) is 0.864. The van der Waals surface area contributed by atoms with Crippen molar-refractivity contribution in [3.63, 3.8) is 0 Å². The number of quaternary nitrogens is 1. The van der Waals surface area contributed by atoms with Crippen LogP contribution in [0.2, 0.25) is 5.02 Å². The number of benzene rings is 1. The van der Waals surface area contributed by atoms with Crippen LogP contribution in [0.1, 0.15) is 32.3 Å². The Bertz CT molecular complexity index is 569. The fourth-order valence-corrected chi connectivity index (χ4v) is 3.02. The summed E-state index contributed by atoms with van der Waals surface area (Å²) in [7, 11) is 0. The predicted octanol–water partition coefficient (Wildman–Crippen LogP) is 3.00. The number of carbonyl (C=O) groups is 1. The van der Waals surface area contributed by atoms with Crippen LogP contribution in [-0.4, -0.2) is 25.0 Å². The molecule has 128 valence electrons. The lowest BCUT2D eigenvalue weighted by atomic mass is 9.98. The highest BCUT2D eigenvalue weighted by Gasteiger charge is 2.35. The van der Waals surface area contributed by atoms with Crippen molar-refractivity contribution in [1.82, 2.24) is 0 Å². The van der Waals surface area contributed by atoms with Gasteiger partial charge in [0.15, 0.2) is 6.04 Å². The third kappa shape index (κ3) is 4.61. The number of hydrogen-bond donors (Lipinski definition) is 2. The molecule has 2 rings (SSSR count). The van der Waals surface area contributed by atoms with E-state index in [1.54, 1.807) is 6.92 Å². The van der Waals surface area contributed by atoms with Gasteiger partial charge in [-0.05, 0) is 43.9 Å². The van der Waals surface area contributed by atoms with Crippen LogP contribution in [0.5, 0.6) is 0 Å². The van der Waals surface area contributed by atoms with E-state index < -0.39 is 17.6 Å². The highest BCUT2D eigenvalue weighted by Crippen LogP contribution is 2.36. The van der Waals surface area contributed by atoms with Crippen LogP contribution in [0.25, 0.3) is 0 Å². The Morgan fingerprint density at radius 2 is 1.96 bits per heavy atom. The SMILES string of the molecule is CC1CC[NH+]([C@H](C)C(=O)Nc2ccc(Cl)cc2C(F)(F)F)CC1. The van der Waals surface area contributed by atoms with Gasteiger partial charge in [0.1, 0.15) is 0 Å². The molecular weight excluding hydrogens is 329 g/mol. The molecule has 0 unspecified atom stereocenters. The molecule has 1 atom stereocenters. The molecule has 1 aromatic carbocycles. The summed E-state index contributed by atoms with van der Waals surface area (Å²) in [6.45, 7) is 5.65. The molecule has 1 aliphatic heterocycles. The number of anilines is 1. The average molecular weight is 350 g/mol. The Balaban J connectivity index is 2.11. The molecule has 1 amide bonds. The van der Waals surface area contributed by atoms with Crippen LogP contribution < -0.4 is 10.2 Å². The number of likely N-dealkylation sites (tertiary alicyclic amines) is 1. The fourth-order valence-electron chi connectivity index (χ4n) is 2.85. The first-order chi connectivity index (χ1) is 10.7. The maximum Gasteiger partial charge on any atom is 0.418 e. The zero-order valence-electron chi connectivity index (χ0n) is 13.1. The summed E-state index contributed by atoms with van der Waals surface area (Å²) in [5.41, 5.74) is -1.17. The molecule has 0 spiro atoms. The lowest BCUT2D eigenvalue weighted by Gasteiger charge is -2.31. The number of hydrogen-bond acceptors (Lipinski definition) is 1. The van der Waals surface area contributed by atoms with Crippen LogP contribution in [0, 0.1) is 5.92 Å². The van der Waals surface area contributed by atoms with Crippen molar-refractivity contribution in [2.24, 2.45) is 5.92 Å². The first kappa shape index (κ1) is 18.1. The summed E-state index contributed by atoms with van der Waals surface area (Å²) in [5.74, 6) is 0.240. The topological polar surface area (TPSA) is 33.5 Å². The maximum absolute atomic E-state index is 13.1. The zero-order valence-corrected chi connectivity index (χ0v) is 13.9. The van der Waals surface area contributed by atoms with Crippen molar-refractivity contribution < 1.29 is 22.9 Å². The third-order valence-corrected chi connectivity index (χ3v) is 4.70. The highest BCUT2D eigenvalue weighted by molar-refractivity contribution is 6.30. The Hall–Kier alpha value is -1.27. The Morgan fingerprint density at radius 3 is 2.52 bits per heavy atom. The number of halogens is 4. The minimum absolute atomic E-state index is 0.0148. The molecule has 1 aromatic rings. The summed E-state index contributed by atoms with van der Waals surface area (Å²) in [6, 6.07) is 2.98. The van der Waals surface area contributed by atoms with Crippen LogP contribution >= 0.6 is 11.6 Å². The Labute approximate surface area is 138 Å². The summed E-state index contributed by atoms with van der Waals surface area (Å²) in [4.78, 5) is 13.4. The lowest BCUT2D eigenvalue weighted by molar-refractivity contribution is -0.919. The summed E-state index contributed by atoms with van der Waals surface area (Å²) in [5, 5.41) is 2.40. The first-order valence-corrected chi connectivity index (χ1v) is 8.08. The molecule has 3 nitrogen and oxygen atoms in total. The van der Waals surface area contributed by atoms with Gasteiger partial charge in [0.2, 0.25) is 0 Å². The molecule has 1 aliphatic rings. The van der Waals surface area contributed by atoms with Crippen LogP contribution in [-0.2, 0) is 11.0 Å². The van der Waals surface area contributed by atoms with Crippen molar-refractivity contribution in [2.45, 2.75) is 38.9 Å². The normalized spacial score (nSPS) is 23.4. The van der Waals surface area contributed by atoms with E-state index >= 15 is 0 Å². The predicted molar refractivity (Wildman–Crippen MR) is 83.6 cm³/mol. The number of piperidine rings is 1. The van der Waals surface area contributed by atoms with E-state index in [1.165, 1.54) is 12.1 Å². The van der Waals surface area contributed by atoms with Gasteiger partial charge in [-0.25, -0.2) is 0 Å². The molecule has 1 heterocycles. The van der Waals surface area contributed by atoms with Crippen molar-refractivity contribution in [3.05, 3.63) is 28.8 Å². The van der Waals surface area contributed by atoms with Crippen molar-refractivity contribution in [3.8, 4) is 0 Å². The summed E-state index contributed by atoms with van der Waals surface area (Å²) in [6.07, 6.45) is -2.51. The van der Waals surface area contributed by atoms with E-state index in [9.17, 15) is 18.0 Å². The molecule has 7 heteroatoms. The minimum atomic E-state index is -4.57. The lowest BCUT2D eigenvalue weighted by Crippen LogP contribution is -3.17. The monoisotopic (exact) mass is 349 g/mol. The third-order valence-electron chi connectivity index (χ3n) is 4.47. The van der Waals surface area contributed by atoms with E-state index in [2.05, 4.69) is 12.2 Å². The van der Waals surface area contributed by atoms with Gasteiger partial charge in [0.05, 0.1) is 24.3 Å². The van der Waals surface area contributed by atoms with Crippen LogP contribution in [0.4, 0.5) is 18.9 Å². The average Bonchev–Trinajstić information content (AvgIpc) is 2.48. The van der Waals surface area contributed by atoms with Gasteiger partial charge in [0.25, 0.3) is 5.91 Å². The standard InChI is InChI=1S/C16H20ClF3N2O/c1-10-5-7-22(8-6-10)11(2)15(23)21-14-4-3-12(17)9-13(14)16(18,19)20/h3-4,9-11H,5-8H2,1-2H3,(H,21,23)/p+1/t11-/m1/s1.